The molecule has 1 aromatic carbocycles. The van der Waals surface area contributed by atoms with Crippen molar-refractivity contribution in [1.82, 2.24) is 10.2 Å². The molecule has 0 radical (unpaired) electrons. The highest BCUT2D eigenvalue weighted by Gasteiger charge is 2.63. The first kappa shape index (κ1) is 30.4. The van der Waals surface area contributed by atoms with Crippen molar-refractivity contribution in [1.29, 1.82) is 0 Å². The van der Waals surface area contributed by atoms with Crippen LogP contribution in [0, 0.1) is 26.6 Å². The number of carbonyl (C=O) groups is 3. The Morgan fingerprint density at radius 2 is 1.88 bits per heavy atom. The second-order valence-electron chi connectivity index (χ2n) is 13.1. The average molecular weight is 601 g/mol. The van der Waals surface area contributed by atoms with Gasteiger partial charge >= 0.3 is 5.97 Å². The molecule has 11 nitrogen and oxygen atoms in total. The van der Waals surface area contributed by atoms with Gasteiger partial charge in [-0.2, -0.15) is 11.8 Å². The number of fused-ring (bicyclic) bond motifs is 2. The molecule has 2 heterocycles. The summed E-state index contributed by atoms with van der Waals surface area (Å²) < 4.78 is 6.17. The van der Waals surface area contributed by atoms with Crippen molar-refractivity contribution in [3.05, 3.63) is 33.6 Å². The van der Waals surface area contributed by atoms with Gasteiger partial charge in [-0.3, -0.25) is 9.59 Å². The molecule has 2 aliphatic heterocycles. The molecule has 5 unspecified atom stereocenters. The van der Waals surface area contributed by atoms with Crippen LogP contribution in [0.5, 0.6) is 5.75 Å². The van der Waals surface area contributed by atoms with Crippen LogP contribution in [0.25, 0.3) is 0 Å². The fraction of sp³-hybridized carbons (Fsp3) is 0.700. The van der Waals surface area contributed by atoms with Gasteiger partial charge in [0.15, 0.2) is 6.04 Å². The van der Waals surface area contributed by atoms with Gasteiger partial charge in [0.1, 0.15) is 29.1 Å². The van der Waals surface area contributed by atoms with Crippen LogP contribution in [-0.4, -0.2) is 69.6 Å². The third-order valence-corrected chi connectivity index (χ3v) is 11.9. The van der Waals surface area contributed by atoms with Gasteiger partial charge in [0, 0.05) is 18.4 Å². The van der Waals surface area contributed by atoms with Crippen LogP contribution in [0.2, 0.25) is 0 Å². The fourth-order valence-electron chi connectivity index (χ4n) is 7.66. The number of esters is 1. The number of hydrogen-bond donors (Lipinski definition) is 2. The number of hydrogen-bond acceptors (Lipinski definition) is 10. The fourth-order valence-corrected chi connectivity index (χ4v) is 8.85. The highest BCUT2D eigenvalue weighted by atomic mass is 32.2. The van der Waals surface area contributed by atoms with E-state index < -0.39 is 23.5 Å². The first-order valence-electron chi connectivity index (χ1n) is 14.8. The zero-order valence-corrected chi connectivity index (χ0v) is 25.3. The van der Waals surface area contributed by atoms with E-state index in [-0.39, 0.29) is 46.7 Å². The van der Waals surface area contributed by atoms with E-state index in [2.05, 4.69) is 36.4 Å². The molecule has 5 atom stereocenters. The zero-order valence-electron chi connectivity index (χ0n) is 24.5. The first-order valence-corrected chi connectivity index (χ1v) is 16.0. The quantitative estimate of drug-likeness (QED) is 0.308. The Kier molecular flexibility index (Phi) is 8.39. The Hall–Kier alpha value is -3.02. The minimum absolute atomic E-state index is 0.0891. The number of amides is 2. The van der Waals surface area contributed by atoms with E-state index >= 15 is 0 Å². The van der Waals surface area contributed by atoms with Crippen LogP contribution in [-0.2, 0) is 25.5 Å². The number of ether oxygens (including phenoxy) is 1. The molecular weight excluding hydrogens is 560 g/mol. The number of thioether (sulfide) groups is 1. The summed E-state index contributed by atoms with van der Waals surface area (Å²) in [4.78, 5) is 65.5. The summed E-state index contributed by atoms with van der Waals surface area (Å²) in [7, 11) is 0. The van der Waals surface area contributed by atoms with Crippen LogP contribution in [0.1, 0.15) is 71.3 Å². The Morgan fingerprint density at radius 3 is 2.50 bits per heavy atom. The van der Waals surface area contributed by atoms with Crippen LogP contribution in [0.4, 0.5) is 5.69 Å². The number of aromatic hydroxyl groups is 1. The van der Waals surface area contributed by atoms with Crippen molar-refractivity contribution in [3.8, 4) is 5.75 Å². The summed E-state index contributed by atoms with van der Waals surface area (Å²) in [5, 5.41) is 18.4. The molecule has 2 saturated heterocycles. The standard InChI is InChI=1S/C30H40N4O7S/c1-28(2)19-8-9-29(28,3)24(17-19)41-26(37)22-5-4-12-34(22)27(38)30(10-13-42-14-11-30)31-25(36)21(33-40)16-18-6-7-23(35)20(15-18)32-39/h6-7,15,19,21-22,24,35H,4-5,8-14,16-17H2,1-3H3,(H,31,36). The maximum atomic E-state index is 14.2. The van der Waals surface area contributed by atoms with Crippen molar-refractivity contribution >= 4 is 35.2 Å². The number of nitrogens with zero attached hydrogens (tertiary/aromatic N) is 3. The van der Waals surface area contributed by atoms with Crippen molar-refractivity contribution in [3.63, 3.8) is 0 Å². The zero-order chi connectivity index (χ0) is 30.3. The third-order valence-electron chi connectivity index (χ3n) is 10.9. The van der Waals surface area contributed by atoms with Crippen LogP contribution < -0.4 is 5.32 Å². The van der Waals surface area contributed by atoms with Crippen LogP contribution >= 0.6 is 11.8 Å². The Labute approximate surface area is 249 Å². The molecule has 0 spiro atoms. The highest BCUT2D eigenvalue weighted by Crippen LogP contribution is 2.66. The molecule has 12 heteroatoms. The minimum atomic E-state index is -1.37. The number of nitroso groups, excluding NO2 is 2. The summed E-state index contributed by atoms with van der Waals surface area (Å²) in [5.74, 6) is 0.0825. The molecular formula is C30H40N4O7S. The van der Waals surface area contributed by atoms with Crippen molar-refractivity contribution in [2.45, 2.75) is 95.9 Å². The number of carbonyl (C=O) groups excluding carboxylic acids is 3. The number of phenolic OH excluding ortho intramolecular Hbond substituents is 1. The minimum Gasteiger partial charge on any atom is -0.506 e. The lowest BCUT2D eigenvalue weighted by molar-refractivity contribution is -0.166. The number of rotatable bonds is 9. The van der Waals surface area contributed by atoms with E-state index in [0.29, 0.717) is 55.2 Å². The number of nitrogens with one attached hydrogen (secondary N) is 1. The summed E-state index contributed by atoms with van der Waals surface area (Å²) in [5.41, 5.74) is -1.05. The molecule has 4 fully saturated rings. The van der Waals surface area contributed by atoms with E-state index in [1.807, 2.05) is 0 Å². The lowest BCUT2D eigenvalue weighted by atomic mass is 9.70. The monoisotopic (exact) mass is 600 g/mol. The molecule has 5 rings (SSSR count). The molecule has 2 aliphatic carbocycles. The second kappa shape index (κ2) is 11.6. The first-order chi connectivity index (χ1) is 20.0. The van der Waals surface area contributed by atoms with E-state index in [9.17, 15) is 29.3 Å². The molecule has 2 saturated carbocycles. The molecule has 2 amide bonds. The largest absolute Gasteiger partial charge is 0.506 e. The molecule has 2 N–H and O–H groups in total. The van der Waals surface area contributed by atoms with Gasteiger partial charge in [0.2, 0.25) is 11.8 Å². The van der Waals surface area contributed by atoms with Gasteiger partial charge in [-0.25, -0.2) is 4.79 Å². The smallest absolute Gasteiger partial charge is 0.329 e. The van der Waals surface area contributed by atoms with Gasteiger partial charge in [-0.15, -0.1) is 9.81 Å². The predicted octanol–water partition coefficient (Wildman–Crippen LogP) is 4.60. The van der Waals surface area contributed by atoms with Gasteiger partial charge in [-0.05, 0) is 90.7 Å². The van der Waals surface area contributed by atoms with Crippen LogP contribution in [0.3, 0.4) is 0 Å². The highest BCUT2D eigenvalue weighted by molar-refractivity contribution is 7.99. The van der Waals surface area contributed by atoms with Crippen molar-refractivity contribution in [2.24, 2.45) is 27.1 Å². The van der Waals surface area contributed by atoms with E-state index in [1.165, 1.54) is 18.2 Å². The maximum Gasteiger partial charge on any atom is 0.329 e. The van der Waals surface area contributed by atoms with Crippen molar-refractivity contribution < 1.29 is 24.2 Å². The number of benzene rings is 1. The Balaban J connectivity index is 1.30. The molecule has 42 heavy (non-hydrogen) atoms. The van der Waals surface area contributed by atoms with E-state index in [0.717, 1.165) is 19.3 Å². The maximum absolute atomic E-state index is 14.2. The van der Waals surface area contributed by atoms with Gasteiger partial charge in [0.25, 0.3) is 0 Å². The molecule has 2 bridgehead atoms. The molecule has 4 aliphatic rings. The summed E-state index contributed by atoms with van der Waals surface area (Å²) >= 11 is 1.68. The summed E-state index contributed by atoms with van der Waals surface area (Å²) in [6.45, 7) is 7.13. The molecule has 1 aromatic rings. The summed E-state index contributed by atoms with van der Waals surface area (Å²) in [6, 6.07) is 1.96. The lowest BCUT2D eigenvalue weighted by Gasteiger charge is -2.41. The van der Waals surface area contributed by atoms with E-state index in [1.54, 1.807) is 16.7 Å². The van der Waals surface area contributed by atoms with Gasteiger partial charge < -0.3 is 20.1 Å². The number of phenols is 1. The Morgan fingerprint density at radius 1 is 1.14 bits per heavy atom. The average Bonchev–Trinajstić information content (AvgIpc) is 3.60. The number of likely N-dealkylation sites (tertiary alicyclic amines) is 1. The topological polar surface area (TPSA) is 155 Å². The van der Waals surface area contributed by atoms with Crippen molar-refractivity contribution in [2.75, 3.05) is 18.1 Å². The third kappa shape index (κ3) is 5.20. The van der Waals surface area contributed by atoms with E-state index in [4.69, 9.17) is 4.74 Å². The second-order valence-corrected chi connectivity index (χ2v) is 14.3. The van der Waals surface area contributed by atoms with Gasteiger partial charge in [0.05, 0.1) is 0 Å². The SMILES string of the molecule is CC1(C)C2CCC1(C)C(OC(=O)C1CCCN1C(=O)C1(NC(=O)C(Cc3ccc(O)c(N=O)c3)N=O)CCSCC1)C2. The normalized spacial score (nSPS) is 30.0. The predicted molar refractivity (Wildman–Crippen MR) is 158 cm³/mol. The summed E-state index contributed by atoms with van der Waals surface area (Å²) in [6.07, 6.45) is 4.59. The molecule has 0 aromatic heterocycles. The van der Waals surface area contributed by atoms with Gasteiger partial charge in [-0.1, -0.05) is 32.0 Å². The lowest BCUT2D eigenvalue weighted by Crippen LogP contribution is -2.64. The molecule has 228 valence electrons. The Bertz CT molecular complexity index is 1270. The van der Waals surface area contributed by atoms with Crippen LogP contribution in [0.15, 0.2) is 28.6 Å².